The number of carboxylic acid groups (broad SMARTS) is 1. The molecule has 3 N–H and O–H groups in total. The van der Waals surface area contributed by atoms with Gasteiger partial charge in [-0.25, -0.2) is 10.2 Å². The van der Waals surface area contributed by atoms with E-state index in [1.54, 1.807) is 0 Å². The third-order valence-electron chi connectivity index (χ3n) is 3.69. The molecule has 2 rings (SSSR count). The van der Waals surface area contributed by atoms with Gasteiger partial charge in [-0.1, -0.05) is 11.6 Å². The summed E-state index contributed by atoms with van der Waals surface area (Å²) in [4.78, 5) is 34.1. The maximum atomic E-state index is 11.7. The van der Waals surface area contributed by atoms with Gasteiger partial charge in [0.25, 0.3) is 0 Å². The Morgan fingerprint density at radius 1 is 1.39 bits per heavy atom. The van der Waals surface area contributed by atoms with Crippen molar-refractivity contribution in [2.24, 2.45) is 5.10 Å². The van der Waals surface area contributed by atoms with E-state index in [9.17, 15) is 14.4 Å². The Morgan fingerprint density at radius 2 is 2.18 bits per heavy atom. The quantitative estimate of drug-likeness (QED) is 0.322. The molecule has 11 heteroatoms. The van der Waals surface area contributed by atoms with Gasteiger partial charge in [0, 0.05) is 13.2 Å². The summed E-state index contributed by atoms with van der Waals surface area (Å²) in [6.45, 7) is 0.338. The largest absolute Gasteiger partial charge is 0.493 e. The summed E-state index contributed by atoms with van der Waals surface area (Å²) < 4.78 is 15.6. The van der Waals surface area contributed by atoms with Crippen molar-refractivity contribution in [3.05, 3.63) is 22.7 Å². The predicted octanol–water partition coefficient (Wildman–Crippen LogP) is 0.557. The molecule has 28 heavy (non-hydrogen) atoms. The number of hydrogen-bond donors (Lipinski definition) is 3. The Hall–Kier alpha value is -2.85. The minimum absolute atomic E-state index is 0.0706. The van der Waals surface area contributed by atoms with Gasteiger partial charge in [-0.2, -0.15) is 5.10 Å². The van der Waals surface area contributed by atoms with Crippen molar-refractivity contribution in [2.75, 3.05) is 26.9 Å². The zero-order valence-corrected chi connectivity index (χ0v) is 15.8. The molecule has 2 amide bonds. The summed E-state index contributed by atoms with van der Waals surface area (Å²) in [7, 11) is 1.36. The monoisotopic (exact) mass is 413 g/mol. The fourth-order valence-electron chi connectivity index (χ4n) is 2.40. The maximum absolute atomic E-state index is 11.7. The van der Waals surface area contributed by atoms with Gasteiger partial charge in [0.1, 0.15) is 0 Å². The molecule has 152 valence electrons. The highest BCUT2D eigenvalue weighted by Crippen LogP contribution is 2.36. The van der Waals surface area contributed by atoms with Crippen molar-refractivity contribution < 1.29 is 33.7 Å². The molecule has 0 saturated carbocycles. The van der Waals surface area contributed by atoms with E-state index >= 15 is 0 Å². The Bertz CT molecular complexity index is 763. The normalized spacial score (nSPS) is 16.0. The SMILES string of the molecule is COc1cc(/C=N\NC(=O)C(=O)NC[C@@H]2CCCO2)cc(Cl)c1OCC(=O)O. The van der Waals surface area contributed by atoms with Crippen molar-refractivity contribution in [3.63, 3.8) is 0 Å². The summed E-state index contributed by atoms with van der Waals surface area (Å²) in [5, 5.41) is 15.0. The van der Waals surface area contributed by atoms with Gasteiger partial charge in [-0.3, -0.25) is 9.59 Å². The minimum Gasteiger partial charge on any atom is -0.493 e. The van der Waals surface area contributed by atoms with Gasteiger partial charge in [0.05, 0.1) is 24.5 Å². The highest BCUT2D eigenvalue weighted by molar-refractivity contribution is 6.35. The Kier molecular flexibility index (Phi) is 8.02. The van der Waals surface area contributed by atoms with Crippen molar-refractivity contribution in [2.45, 2.75) is 18.9 Å². The number of carbonyl (C=O) groups is 3. The number of halogens is 1. The van der Waals surface area contributed by atoms with Gasteiger partial charge in [-0.05, 0) is 30.5 Å². The van der Waals surface area contributed by atoms with Crippen LogP contribution in [-0.4, -0.2) is 62.1 Å². The summed E-state index contributed by atoms with van der Waals surface area (Å²) in [5.41, 5.74) is 2.54. The fraction of sp³-hybridized carbons (Fsp3) is 0.412. The number of nitrogens with zero attached hydrogens (tertiary/aromatic N) is 1. The van der Waals surface area contributed by atoms with E-state index in [1.165, 1.54) is 25.5 Å². The molecule has 0 aromatic heterocycles. The zero-order valence-electron chi connectivity index (χ0n) is 15.1. The van der Waals surface area contributed by atoms with Crippen molar-refractivity contribution in [3.8, 4) is 11.5 Å². The summed E-state index contributed by atoms with van der Waals surface area (Å²) >= 11 is 6.07. The second kappa shape index (κ2) is 10.5. The first-order valence-corrected chi connectivity index (χ1v) is 8.73. The third-order valence-corrected chi connectivity index (χ3v) is 3.97. The maximum Gasteiger partial charge on any atom is 0.341 e. The van der Waals surface area contributed by atoms with Crippen LogP contribution in [0.25, 0.3) is 0 Å². The first kappa shape index (κ1) is 21.5. The number of aliphatic carboxylic acids is 1. The van der Waals surface area contributed by atoms with Crippen LogP contribution in [0.2, 0.25) is 5.02 Å². The van der Waals surface area contributed by atoms with Crippen LogP contribution in [0.4, 0.5) is 0 Å². The Labute approximate surface area is 165 Å². The lowest BCUT2D eigenvalue weighted by atomic mass is 10.2. The molecule has 1 aromatic carbocycles. The summed E-state index contributed by atoms with van der Waals surface area (Å²) in [5.74, 6) is -2.64. The first-order valence-electron chi connectivity index (χ1n) is 8.35. The second-order valence-corrected chi connectivity index (χ2v) is 6.17. The number of nitrogens with one attached hydrogen (secondary N) is 2. The number of carbonyl (C=O) groups excluding carboxylic acids is 2. The van der Waals surface area contributed by atoms with Gasteiger partial charge in [0.2, 0.25) is 0 Å². The molecule has 1 heterocycles. The van der Waals surface area contributed by atoms with Crippen LogP contribution in [0.15, 0.2) is 17.2 Å². The van der Waals surface area contributed by atoms with E-state index in [1.807, 2.05) is 0 Å². The number of benzene rings is 1. The van der Waals surface area contributed by atoms with E-state index in [0.717, 1.165) is 12.8 Å². The average molecular weight is 414 g/mol. The van der Waals surface area contributed by atoms with Crippen LogP contribution in [0.1, 0.15) is 18.4 Å². The molecule has 0 aliphatic carbocycles. The van der Waals surface area contributed by atoms with E-state index in [4.69, 9.17) is 30.9 Å². The summed E-state index contributed by atoms with van der Waals surface area (Å²) in [6, 6.07) is 2.92. The van der Waals surface area contributed by atoms with E-state index in [0.29, 0.717) is 12.2 Å². The molecule has 1 fully saturated rings. The van der Waals surface area contributed by atoms with E-state index < -0.39 is 24.4 Å². The highest BCUT2D eigenvalue weighted by Gasteiger charge is 2.19. The van der Waals surface area contributed by atoms with Crippen LogP contribution in [0.5, 0.6) is 11.5 Å². The number of rotatable bonds is 8. The number of amides is 2. The molecule has 1 atom stereocenters. The van der Waals surface area contributed by atoms with Gasteiger partial charge in [-0.15, -0.1) is 0 Å². The number of methoxy groups -OCH3 is 1. The predicted molar refractivity (Wildman–Crippen MR) is 98.9 cm³/mol. The molecule has 0 bridgehead atoms. The van der Waals surface area contributed by atoms with Crippen LogP contribution in [0, 0.1) is 0 Å². The van der Waals surface area contributed by atoms with Crippen LogP contribution >= 0.6 is 11.6 Å². The van der Waals surface area contributed by atoms with Crippen molar-refractivity contribution >= 4 is 35.6 Å². The first-order chi connectivity index (χ1) is 13.4. The lowest BCUT2D eigenvalue weighted by Gasteiger charge is -2.11. The number of ether oxygens (including phenoxy) is 3. The minimum atomic E-state index is -1.16. The molecular weight excluding hydrogens is 394 g/mol. The smallest absolute Gasteiger partial charge is 0.341 e. The Morgan fingerprint density at radius 3 is 2.82 bits per heavy atom. The number of hydrogen-bond acceptors (Lipinski definition) is 7. The molecule has 0 radical (unpaired) electrons. The Balaban J connectivity index is 1.91. The standard InChI is InChI=1S/C17H20ClN3O7/c1-26-13-6-10(5-12(18)15(13)28-9-14(22)23)7-20-21-17(25)16(24)19-8-11-3-2-4-27-11/h5-7,11H,2-4,8-9H2,1H3,(H,19,24)(H,21,25)(H,22,23)/b20-7-/t11-/m0/s1. The van der Waals surface area contributed by atoms with Gasteiger partial charge in [0.15, 0.2) is 18.1 Å². The van der Waals surface area contributed by atoms with Crippen LogP contribution in [0.3, 0.4) is 0 Å². The number of hydrazone groups is 1. The van der Waals surface area contributed by atoms with E-state index in [-0.39, 0.29) is 29.2 Å². The van der Waals surface area contributed by atoms with Crippen LogP contribution in [-0.2, 0) is 19.1 Å². The molecule has 1 aliphatic heterocycles. The van der Waals surface area contributed by atoms with Crippen molar-refractivity contribution in [1.29, 1.82) is 0 Å². The molecule has 0 spiro atoms. The molecule has 1 aliphatic rings. The molecule has 0 unspecified atom stereocenters. The zero-order chi connectivity index (χ0) is 20.5. The van der Waals surface area contributed by atoms with Crippen LogP contribution < -0.4 is 20.2 Å². The summed E-state index contributed by atoms with van der Waals surface area (Å²) in [6.07, 6.45) is 2.95. The topological polar surface area (TPSA) is 136 Å². The lowest BCUT2D eigenvalue weighted by Crippen LogP contribution is -2.41. The van der Waals surface area contributed by atoms with Gasteiger partial charge < -0.3 is 24.6 Å². The fourth-order valence-corrected chi connectivity index (χ4v) is 2.67. The lowest BCUT2D eigenvalue weighted by molar-refractivity contribution is -0.139. The third kappa shape index (κ3) is 6.39. The highest BCUT2D eigenvalue weighted by atomic mass is 35.5. The number of carboxylic acids is 1. The molecule has 10 nitrogen and oxygen atoms in total. The van der Waals surface area contributed by atoms with Crippen molar-refractivity contribution in [1.82, 2.24) is 10.7 Å². The molecule has 1 aromatic rings. The average Bonchev–Trinajstić information content (AvgIpc) is 3.18. The molecular formula is C17H20ClN3O7. The second-order valence-electron chi connectivity index (χ2n) is 5.76. The van der Waals surface area contributed by atoms with Gasteiger partial charge >= 0.3 is 17.8 Å². The molecule has 1 saturated heterocycles. The van der Waals surface area contributed by atoms with E-state index in [2.05, 4.69) is 15.8 Å².